The first kappa shape index (κ1) is 17.9. The lowest BCUT2D eigenvalue weighted by molar-refractivity contribution is 0.986. The summed E-state index contributed by atoms with van der Waals surface area (Å²) in [6.45, 7) is 10.4. The van der Waals surface area contributed by atoms with Crippen molar-refractivity contribution in [2.45, 2.75) is 45.1 Å². The number of benzene rings is 1. The van der Waals surface area contributed by atoms with Gasteiger partial charge in [-0.1, -0.05) is 29.6 Å². The average molecular weight is 325 g/mol. The molecule has 0 amide bonds. The van der Waals surface area contributed by atoms with E-state index in [2.05, 4.69) is 40.7 Å². The molecule has 0 bridgehead atoms. The summed E-state index contributed by atoms with van der Waals surface area (Å²) in [6, 6.07) is 2.17. The SMILES string of the molecule is Cc1cc(C)c(C(C)SC(=N)N)c(C)c1C(C)SC(=N)N. The van der Waals surface area contributed by atoms with Gasteiger partial charge >= 0.3 is 0 Å². The number of thioether (sulfide) groups is 2. The Labute approximate surface area is 135 Å². The van der Waals surface area contributed by atoms with Gasteiger partial charge < -0.3 is 11.5 Å². The van der Waals surface area contributed by atoms with E-state index in [1.165, 1.54) is 51.3 Å². The third-order valence-corrected chi connectivity index (χ3v) is 5.20. The number of hydrogen-bond donors (Lipinski definition) is 4. The van der Waals surface area contributed by atoms with Crippen LogP contribution in [0.3, 0.4) is 0 Å². The van der Waals surface area contributed by atoms with Crippen LogP contribution in [0, 0.1) is 31.6 Å². The van der Waals surface area contributed by atoms with Gasteiger partial charge in [-0.15, -0.1) is 0 Å². The van der Waals surface area contributed by atoms with Crippen molar-refractivity contribution in [1.82, 2.24) is 0 Å². The molecule has 0 saturated heterocycles. The van der Waals surface area contributed by atoms with Crippen LogP contribution < -0.4 is 11.5 Å². The van der Waals surface area contributed by atoms with Gasteiger partial charge in [0, 0.05) is 10.5 Å². The van der Waals surface area contributed by atoms with E-state index in [4.69, 9.17) is 22.3 Å². The third-order valence-electron chi connectivity index (χ3n) is 3.51. The number of nitrogens with two attached hydrogens (primary N) is 2. The lowest BCUT2D eigenvalue weighted by Crippen LogP contribution is -2.11. The van der Waals surface area contributed by atoms with Crippen molar-refractivity contribution in [1.29, 1.82) is 10.8 Å². The third kappa shape index (κ3) is 4.41. The molecule has 1 aromatic carbocycles. The summed E-state index contributed by atoms with van der Waals surface area (Å²) in [6.07, 6.45) is 0. The van der Waals surface area contributed by atoms with E-state index in [-0.39, 0.29) is 20.8 Å². The van der Waals surface area contributed by atoms with Crippen LogP contribution in [0.1, 0.15) is 52.2 Å². The van der Waals surface area contributed by atoms with Crippen molar-refractivity contribution in [2.24, 2.45) is 11.5 Å². The number of nitrogens with one attached hydrogen (secondary N) is 2. The highest BCUT2D eigenvalue weighted by Crippen LogP contribution is 2.40. The number of amidine groups is 2. The van der Waals surface area contributed by atoms with Crippen LogP contribution in [0.25, 0.3) is 0 Å². The van der Waals surface area contributed by atoms with E-state index < -0.39 is 0 Å². The molecule has 1 aromatic rings. The highest BCUT2D eigenvalue weighted by atomic mass is 32.2. The van der Waals surface area contributed by atoms with E-state index in [1.54, 1.807) is 0 Å². The zero-order valence-corrected chi connectivity index (χ0v) is 14.8. The summed E-state index contributed by atoms with van der Waals surface area (Å²) >= 11 is 2.73. The minimum Gasteiger partial charge on any atom is -0.379 e. The van der Waals surface area contributed by atoms with Gasteiger partial charge in [0.2, 0.25) is 0 Å². The maximum Gasteiger partial charge on any atom is 0.151 e. The second-order valence-electron chi connectivity index (χ2n) is 5.21. The first-order chi connectivity index (χ1) is 9.65. The average Bonchev–Trinajstić information content (AvgIpc) is 2.24. The van der Waals surface area contributed by atoms with Gasteiger partial charge in [0.15, 0.2) is 10.3 Å². The Hall–Kier alpha value is -1.14. The molecular formula is C15H24N4S2. The van der Waals surface area contributed by atoms with Crippen molar-refractivity contribution < 1.29 is 0 Å². The van der Waals surface area contributed by atoms with Crippen LogP contribution >= 0.6 is 23.5 Å². The lowest BCUT2D eigenvalue weighted by Gasteiger charge is -2.24. The van der Waals surface area contributed by atoms with Gasteiger partial charge in [-0.05, 0) is 62.4 Å². The summed E-state index contributed by atoms with van der Waals surface area (Å²) in [5.74, 6) is 0. The second kappa shape index (κ2) is 7.22. The van der Waals surface area contributed by atoms with E-state index in [0.29, 0.717) is 0 Å². The fraction of sp³-hybridized carbons (Fsp3) is 0.467. The molecule has 2 unspecified atom stereocenters. The van der Waals surface area contributed by atoms with Gasteiger partial charge in [-0.2, -0.15) is 0 Å². The first-order valence-electron chi connectivity index (χ1n) is 6.77. The topological polar surface area (TPSA) is 99.7 Å². The molecule has 0 aliphatic rings. The van der Waals surface area contributed by atoms with Crippen LogP contribution in [0.2, 0.25) is 0 Å². The van der Waals surface area contributed by atoms with Crippen molar-refractivity contribution in [3.05, 3.63) is 33.9 Å². The molecule has 0 heterocycles. The van der Waals surface area contributed by atoms with E-state index in [9.17, 15) is 0 Å². The normalized spacial score (nSPS) is 13.8. The molecule has 0 saturated carbocycles. The van der Waals surface area contributed by atoms with Gasteiger partial charge in [-0.25, -0.2) is 0 Å². The number of hydrogen-bond acceptors (Lipinski definition) is 4. The number of rotatable bonds is 4. The second-order valence-corrected chi connectivity index (χ2v) is 7.98. The highest BCUT2D eigenvalue weighted by Gasteiger charge is 2.21. The van der Waals surface area contributed by atoms with Gasteiger partial charge in [-0.3, -0.25) is 10.8 Å². The Kier molecular flexibility index (Phi) is 6.16. The molecule has 0 aromatic heterocycles. The summed E-state index contributed by atoms with van der Waals surface area (Å²) in [4.78, 5) is 0. The Morgan fingerprint density at radius 3 is 1.52 bits per heavy atom. The maximum absolute atomic E-state index is 7.48. The predicted octanol–water partition coefficient (Wildman–Crippen LogP) is 3.99. The molecule has 6 N–H and O–H groups in total. The summed E-state index contributed by atoms with van der Waals surface area (Å²) in [5, 5.41) is 15.5. The molecule has 0 aliphatic heterocycles. The lowest BCUT2D eigenvalue weighted by atomic mass is 9.90. The van der Waals surface area contributed by atoms with Crippen molar-refractivity contribution >= 4 is 33.9 Å². The van der Waals surface area contributed by atoms with E-state index in [0.717, 1.165) is 0 Å². The van der Waals surface area contributed by atoms with Gasteiger partial charge in [0.25, 0.3) is 0 Å². The Balaban J connectivity index is 3.34. The standard InChI is InChI=1S/C15H24N4S2/c1-7-6-8(2)13(11(5)21-15(18)19)9(3)12(7)10(4)20-14(16)17/h6,10-11H,1-5H3,(H3,16,17)(H3,18,19). The molecule has 4 nitrogen and oxygen atoms in total. The molecule has 116 valence electrons. The van der Waals surface area contributed by atoms with Crippen molar-refractivity contribution in [2.75, 3.05) is 0 Å². The van der Waals surface area contributed by atoms with Gasteiger partial charge in [0.1, 0.15) is 0 Å². The molecule has 1 rings (SSSR count). The largest absolute Gasteiger partial charge is 0.379 e. The van der Waals surface area contributed by atoms with Crippen LogP contribution in [0.5, 0.6) is 0 Å². The van der Waals surface area contributed by atoms with Crippen molar-refractivity contribution in [3.8, 4) is 0 Å². The zero-order valence-electron chi connectivity index (χ0n) is 13.2. The van der Waals surface area contributed by atoms with Crippen LogP contribution in [-0.2, 0) is 0 Å². The molecule has 6 heteroatoms. The number of aryl methyl sites for hydroxylation is 2. The fourth-order valence-corrected chi connectivity index (χ4v) is 4.69. The summed E-state index contributed by atoms with van der Waals surface area (Å²) in [5.41, 5.74) is 17.2. The maximum atomic E-state index is 7.48. The van der Waals surface area contributed by atoms with E-state index in [1.807, 2.05) is 0 Å². The molecule has 0 aliphatic carbocycles. The minimum absolute atomic E-state index is 0.134. The van der Waals surface area contributed by atoms with Crippen LogP contribution in [0.4, 0.5) is 0 Å². The molecular weight excluding hydrogens is 300 g/mol. The Morgan fingerprint density at radius 1 is 0.905 bits per heavy atom. The predicted molar refractivity (Wildman–Crippen MR) is 96.5 cm³/mol. The monoisotopic (exact) mass is 324 g/mol. The van der Waals surface area contributed by atoms with Crippen molar-refractivity contribution in [3.63, 3.8) is 0 Å². The molecule has 21 heavy (non-hydrogen) atoms. The molecule has 2 atom stereocenters. The first-order valence-corrected chi connectivity index (χ1v) is 8.53. The Morgan fingerprint density at radius 2 is 1.24 bits per heavy atom. The fourth-order valence-electron chi connectivity index (χ4n) is 2.97. The van der Waals surface area contributed by atoms with Crippen LogP contribution in [0.15, 0.2) is 6.07 Å². The molecule has 0 fully saturated rings. The summed E-state index contributed by atoms with van der Waals surface area (Å²) in [7, 11) is 0. The summed E-state index contributed by atoms with van der Waals surface area (Å²) < 4.78 is 0. The zero-order chi connectivity index (χ0) is 16.3. The van der Waals surface area contributed by atoms with Crippen LogP contribution in [-0.4, -0.2) is 10.3 Å². The highest BCUT2D eigenvalue weighted by molar-refractivity contribution is 8.14. The quantitative estimate of drug-likeness (QED) is 0.497. The van der Waals surface area contributed by atoms with E-state index >= 15 is 0 Å². The minimum atomic E-state index is 0.134. The molecule has 0 radical (unpaired) electrons. The Bertz CT molecular complexity index is 523. The van der Waals surface area contributed by atoms with Gasteiger partial charge in [0.05, 0.1) is 0 Å². The molecule has 0 spiro atoms. The smallest absolute Gasteiger partial charge is 0.151 e.